The number of carbonyl (C=O) groups is 4. The molecule has 0 aliphatic carbocycles. The van der Waals surface area contributed by atoms with E-state index in [1.165, 1.54) is 0 Å². The molecular formula is C22H27N3O6. The van der Waals surface area contributed by atoms with Gasteiger partial charge in [0.25, 0.3) is 0 Å². The van der Waals surface area contributed by atoms with Crippen LogP contribution in [0.1, 0.15) is 31.4 Å². The molecule has 3 amide bonds. The Kier molecular flexibility index (Phi) is 6.94. The van der Waals surface area contributed by atoms with Gasteiger partial charge in [-0.1, -0.05) is 29.8 Å². The maximum absolute atomic E-state index is 12.6. The smallest absolute Gasteiger partial charge is 0.338 e. The van der Waals surface area contributed by atoms with E-state index < -0.39 is 29.9 Å². The summed E-state index contributed by atoms with van der Waals surface area (Å²) in [6, 6.07) is 6.79. The van der Waals surface area contributed by atoms with E-state index in [0.29, 0.717) is 6.54 Å². The Morgan fingerprint density at radius 3 is 2.55 bits per heavy atom. The van der Waals surface area contributed by atoms with Crippen molar-refractivity contribution >= 4 is 23.9 Å². The second-order valence-corrected chi connectivity index (χ2v) is 7.70. The predicted octanol–water partition coefficient (Wildman–Crippen LogP) is 1.41. The number of ether oxygens (including phenoxy) is 2. The van der Waals surface area contributed by atoms with Crippen molar-refractivity contribution in [3.8, 4) is 0 Å². The zero-order valence-corrected chi connectivity index (χ0v) is 17.9. The van der Waals surface area contributed by atoms with Gasteiger partial charge >= 0.3 is 18.0 Å². The Bertz CT molecular complexity index is 908. The molecule has 2 heterocycles. The van der Waals surface area contributed by atoms with Gasteiger partial charge in [0.05, 0.1) is 29.8 Å². The molecule has 0 saturated carbocycles. The number of rotatable bonds is 7. The number of nitrogens with zero attached hydrogens (tertiary/aromatic N) is 1. The predicted molar refractivity (Wildman–Crippen MR) is 110 cm³/mol. The largest absolute Gasteiger partial charge is 0.463 e. The van der Waals surface area contributed by atoms with Crippen LogP contribution in [0, 0.1) is 12.8 Å². The number of urea groups is 1. The first-order chi connectivity index (χ1) is 14.8. The van der Waals surface area contributed by atoms with Crippen LogP contribution >= 0.6 is 0 Å². The summed E-state index contributed by atoms with van der Waals surface area (Å²) in [6.45, 7) is 5.90. The average molecular weight is 429 g/mol. The Balaban J connectivity index is 1.62. The number of aryl methyl sites for hydroxylation is 1. The van der Waals surface area contributed by atoms with Gasteiger partial charge in [0.15, 0.2) is 0 Å². The lowest BCUT2D eigenvalue weighted by atomic mass is 10.0. The van der Waals surface area contributed by atoms with Gasteiger partial charge in [0, 0.05) is 19.5 Å². The van der Waals surface area contributed by atoms with Crippen molar-refractivity contribution in [2.45, 2.75) is 39.8 Å². The van der Waals surface area contributed by atoms with Gasteiger partial charge in [0.1, 0.15) is 6.61 Å². The number of amides is 3. The molecule has 166 valence electrons. The van der Waals surface area contributed by atoms with Crippen molar-refractivity contribution in [3.05, 3.63) is 46.7 Å². The number of likely N-dealkylation sites (tertiary alicyclic amines) is 1. The first kappa shape index (κ1) is 22.3. The molecule has 0 radical (unpaired) electrons. The van der Waals surface area contributed by atoms with Crippen molar-refractivity contribution < 1.29 is 28.7 Å². The minimum absolute atomic E-state index is 0.0682. The van der Waals surface area contributed by atoms with E-state index >= 15 is 0 Å². The van der Waals surface area contributed by atoms with E-state index in [4.69, 9.17) is 9.47 Å². The van der Waals surface area contributed by atoms with Gasteiger partial charge in [-0.3, -0.25) is 9.59 Å². The molecule has 0 spiro atoms. The average Bonchev–Trinajstić information content (AvgIpc) is 3.08. The molecule has 31 heavy (non-hydrogen) atoms. The van der Waals surface area contributed by atoms with Gasteiger partial charge in [-0.15, -0.1) is 0 Å². The molecule has 2 atom stereocenters. The van der Waals surface area contributed by atoms with Crippen LogP contribution < -0.4 is 10.6 Å². The maximum Gasteiger partial charge on any atom is 0.338 e. The normalized spacial score (nSPS) is 20.9. The lowest BCUT2D eigenvalue weighted by Crippen LogP contribution is -2.50. The number of carbonyl (C=O) groups excluding carboxylic acids is 4. The van der Waals surface area contributed by atoms with Crippen LogP contribution in [0.15, 0.2) is 35.5 Å². The lowest BCUT2D eigenvalue weighted by Gasteiger charge is -2.26. The summed E-state index contributed by atoms with van der Waals surface area (Å²) in [6.07, 6.45) is 0.0682. The number of hydrogen-bond donors (Lipinski definition) is 2. The van der Waals surface area contributed by atoms with Crippen molar-refractivity contribution in [1.82, 2.24) is 15.5 Å². The third-order valence-corrected chi connectivity index (χ3v) is 5.27. The van der Waals surface area contributed by atoms with Crippen LogP contribution in [0.4, 0.5) is 4.79 Å². The summed E-state index contributed by atoms with van der Waals surface area (Å²) in [4.78, 5) is 50.6. The van der Waals surface area contributed by atoms with E-state index in [9.17, 15) is 19.2 Å². The highest BCUT2D eigenvalue weighted by Crippen LogP contribution is 2.22. The molecule has 1 fully saturated rings. The molecule has 0 bridgehead atoms. The van der Waals surface area contributed by atoms with Gasteiger partial charge in [-0.2, -0.15) is 0 Å². The number of nitrogens with one attached hydrogen (secondary N) is 2. The molecular weight excluding hydrogens is 402 g/mol. The molecule has 2 aliphatic heterocycles. The van der Waals surface area contributed by atoms with Crippen LogP contribution in [-0.4, -0.2) is 54.6 Å². The summed E-state index contributed by atoms with van der Waals surface area (Å²) in [5, 5.41) is 5.09. The Morgan fingerprint density at radius 1 is 1.16 bits per heavy atom. The topological polar surface area (TPSA) is 114 Å². The molecule has 0 unspecified atom stereocenters. The van der Waals surface area contributed by atoms with Gasteiger partial charge < -0.3 is 25.0 Å². The molecule has 9 heteroatoms. The summed E-state index contributed by atoms with van der Waals surface area (Å²) in [5.74, 6) is -1.85. The Hall–Kier alpha value is -3.36. The standard InChI is InChI=1S/C22H27N3O6/c1-4-30-21(28)19-14(3)23-22(29)24-17(19)12-31-20(27)16-9-18(26)25(11-16)10-15-7-5-13(2)6-8-15/h5-8,14,16H,4,9-12H2,1-3H3,(H2,23,24,29)/t14-,16+/m0/s1. The monoisotopic (exact) mass is 429 g/mol. The van der Waals surface area contributed by atoms with Crippen LogP contribution in [0.2, 0.25) is 0 Å². The summed E-state index contributed by atoms with van der Waals surface area (Å²) >= 11 is 0. The highest BCUT2D eigenvalue weighted by molar-refractivity contribution is 5.95. The number of esters is 2. The molecule has 3 rings (SSSR count). The van der Waals surface area contributed by atoms with Gasteiger partial charge in [-0.05, 0) is 26.3 Å². The van der Waals surface area contributed by atoms with Crippen LogP contribution in [-0.2, 0) is 30.4 Å². The number of benzene rings is 1. The van der Waals surface area contributed by atoms with Crippen LogP contribution in [0.5, 0.6) is 0 Å². The second kappa shape index (κ2) is 9.63. The lowest BCUT2D eigenvalue weighted by molar-refractivity contribution is -0.148. The van der Waals surface area contributed by atoms with E-state index in [1.807, 2.05) is 31.2 Å². The molecule has 1 aromatic rings. The van der Waals surface area contributed by atoms with E-state index in [1.54, 1.807) is 18.7 Å². The van der Waals surface area contributed by atoms with Crippen molar-refractivity contribution in [2.75, 3.05) is 19.8 Å². The fourth-order valence-corrected chi connectivity index (χ4v) is 3.65. The van der Waals surface area contributed by atoms with E-state index in [-0.39, 0.29) is 43.4 Å². The van der Waals surface area contributed by atoms with E-state index in [0.717, 1.165) is 11.1 Å². The fourth-order valence-electron chi connectivity index (χ4n) is 3.65. The Morgan fingerprint density at radius 2 is 1.87 bits per heavy atom. The molecule has 2 aliphatic rings. The SMILES string of the molecule is CCOC(=O)C1=C(COC(=O)[C@@H]2CC(=O)N(Cc3ccc(C)cc3)C2)NC(=O)N[C@H]1C. The van der Waals surface area contributed by atoms with Crippen LogP contribution in [0.25, 0.3) is 0 Å². The summed E-state index contributed by atoms with van der Waals surface area (Å²) in [7, 11) is 0. The third-order valence-electron chi connectivity index (χ3n) is 5.27. The molecule has 2 N–H and O–H groups in total. The van der Waals surface area contributed by atoms with Gasteiger partial charge in [0.2, 0.25) is 5.91 Å². The second-order valence-electron chi connectivity index (χ2n) is 7.70. The summed E-state index contributed by atoms with van der Waals surface area (Å²) < 4.78 is 10.4. The quantitative estimate of drug-likeness (QED) is 0.634. The maximum atomic E-state index is 12.6. The first-order valence-electron chi connectivity index (χ1n) is 10.3. The minimum Gasteiger partial charge on any atom is -0.463 e. The third kappa shape index (κ3) is 5.42. The summed E-state index contributed by atoms with van der Waals surface area (Å²) in [5.41, 5.74) is 2.51. The van der Waals surface area contributed by atoms with Crippen LogP contribution in [0.3, 0.4) is 0 Å². The molecule has 1 aromatic carbocycles. The highest BCUT2D eigenvalue weighted by Gasteiger charge is 2.36. The molecule has 0 aromatic heterocycles. The van der Waals surface area contributed by atoms with E-state index in [2.05, 4.69) is 10.6 Å². The highest BCUT2D eigenvalue weighted by atomic mass is 16.5. The van der Waals surface area contributed by atoms with Gasteiger partial charge in [-0.25, -0.2) is 9.59 Å². The molecule has 9 nitrogen and oxygen atoms in total. The molecule has 1 saturated heterocycles. The minimum atomic E-state index is -0.598. The van der Waals surface area contributed by atoms with Crippen molar-refractivity contribution in [2.24, 2.45) is 5.92 Å². The van der Waals surface area contributed by atoms with Crippen molar-refractivity contribution in [3.63, 3.8) is 0 Å². The zero-order valence-electron chi connectivity index (χ0n) is 17.9. The first-order valence-corrected chi connectivity index (χ1v) is 10.3. The fraction of sp³-hybridized carbons (Fsp3) is 0.455. The Labute approximate surface area is 180 Å². The number of hydrogen-bond acceptors (Lipinski definition) is 6. The van der Waals surface area contributed by atoms with Crippen molar-refractivity contribution in [1.29, 1.82) is 0 Å². The zero-order chi connectivity index (χ0) is 22.5.